The quantitative estimate of drug-likeness (QED) is 0.239. The van der Waals surface area contributed by atoms with Gasteiger partial charge in [-0.1, -0.05) is 61.4 Å². The summed E-state index contributed by atoms with van der Waals surface area (Å²) in [5, 5.41) is 14.0. The Labute approximate surface area is 185 Å². The molecule has 0 bridgehead atoms. The lowest BCUT2D eigenvalue weighted by Gasteiger charge is -2.07. The molecule has 0 radical (unpaired) electrons. The van der Waals surface area contributed by atoms with Gasteiger partial charge in [-0.3, -0.25) is 14.9 Å². The summed E-state index contributed by atoms with van der Waals surface area (Å²) >= 11 is 9.49. The minimum atomic E-state index is -0.532. The maximum Gasteiger partial charge on any atom is 0.292 e. The van der Waals surface area contributed by atoms with Crippen LogP contribution in [0, 0.1) is 10.1 Å². The van der Waals surface area contributed by atoms with Crippen LogP contribution in [0.25, 0.3) is 11.3 Å². The summed E-state index contributed by atoms with van der Waals surface area (Å²) < 4.78 is 2.56. The number of thioether (sulfide) groups is 1. The number of nitro benzene ring substituents is 1. The highest BCUT2D eigenvalue weighted by Gasteiger charge is 2.18. The van der Waals surface area contributed by atoms with Gasteiger partial charge in [0.15, 0.2) is 5.13 Å². The van der Waals surface area contributed by atoms with Gasteiger partial charge in [0.05, 0.1) is 20.6 Å². The summed E-state index contributed by atoms with van der Waals surface area (Å²) in [4.78, 5) is 27.2. The van der Waals surface area contributed by atoms with Crippen LogP contribution in [0.3, 0.4) is 0 Å². The van der Waals surface area contributed by atoms with E-state index in [0.717, 1.165) is 18.7 Å². The molecule has 144 valence electrons. The molecular formula is C17H12Br2N4O3S2. The topological polar surface area (TPSA) is 111 Å². The average molecular weight is 544 g/mol. The van der Waals surface area contributed by atoms with Gasteiger partial charge in [0.25, 0.3) is 5.69 Å². The second-order valence-corrected chi connectivity index (χ2v) is 9.47. The Balaban J connectivity index is 1.75. The van der Waals surface area contributed by atoms with E-state index >= 15 is 0 Å². The van der Waals surface area contributed by atoms with Crippen LogP contribution in [0.2, 0.25) is 0 Å². The first kappa shape index (κ1) is 20.8. The van der Waals surface area contributed by atoms with Gasteiger partial charge in [-0.15, -0.1) is 11.8 Å². The van der Waals surface area contributed by atoms with E-state index < -0.39 is 4.92 Å². The summed E-state index contributed by atoms with van der Waals surface area (Å²) in [5.74, 6) is -0.290. The van der Waals surface area contributed by atoms with Gasteiger partial charge in [0, 0.05) is 20.6 Å². The number of nitrogens with zero attached hydrogens (tertiary/aromatic N) is 2. The molecule has 0 aliphatic carbocycles. The Morgan fingerprint density at radius 2 is 2.04 bits per heavy atom. The predicted octanol–water partition coefficient (Wildman–Crippen LogP) is 5.56. The average Bonchev–Trinajstić information content (AvgIpc) is 3.00. The molecule has 3 aromatic rings. The van der Waals surface area contributed by atoms with E-state index in [1.807, 2.05) is 18.2 Å². The van der Waals surface area contributed by atoms with Crippen LogP contribution in [0.15, 0.2) is 55.6 Å². The number of nitro groups is 1. The summed E-state index contributed by atoms with van der Waals surface area (Å²) in [5.41, 5.74) is 7.43. The van der Waals surface area contributed by atoms with Gasteiger partial charge >= 0.3 is 0 Å². The molecule has 11 heteroatoms. The fraction of sp³-hybridized carbons (Fsp3) is 0.0588. The Morgan fingerprint density at radius 3 is 2.75 bits per heavy atom. The fourth-order valence-electron chi connectivity index (χ4n) is 2.33. The van der Waals surface area contributed by atoms with E-state index in [-0.39, 0.29) is 23.0 Å². The van der Waals surface area contributed by atoms with E-state index in [1.54, 1.807) is 12.1 Å². The number of halogens is 2. The number of rotatable bonds is 6. The predicted molar refractivity (Wildman–Crippen MR) is 120 cm³/mol. The molecule has 0 saturated heterocycles. The molecule has 0 saturated carbocycles. The summed E-state index contributed by atoms with van der Waals surface area (Å²) in [6, 6.07) is 11.7. The molecule has 0 aliphatic heterocycles. The van der Waals surface area contributed by atoms with Crippen molar-refractivity contribution in [1.82, 2.24) is 4.98 Å². The Hall–Kier alpha value is -1.95. The zero-order chi connectivity index (χ0) is 20.3. The number of anilines is 2. The molecular weight excluding hydrogens is 532 g/mol. The first-order chi connectivity index (χ1) is 13.3. The number of hydrogen-bond acceptors (Lipinski definition) is 7. The molecule has 28 heavy (non-hydrogen) atoms. The molecule has 1 amide bonds. The van der Waals surface area contributed by atoms with Crippen molar-refractivity contribution >= 4 is 77.4 Å². The number of nitrogens with two attached hydrogens (primary N) is 1. The second kappa shape index (κ2) is 9.03. The third-order valence-electron chi connectivity index (χ3n) is 3.51. The Morgan fingerprint density at radius 1 is 1.29 bits per heavy atom. The lowest BCUT2D eigenvalue weighted by molar-refractivity contribution is -0.383. The van der Waals surface area contributed by atoms with Gasteiger partial charge in [-0.25, -0.2) is 4.98 Å². The van der Waals surface area contributed by atoms with E-state index in [9.17, 15) is 14.9 Å². The van der Waals surface area contributed by atoms with Gasteiger partial charge in [0.1, 0.15) is 5.69 Å². The highest BCUT2D eigenvalue weighted by Crippen LogP contribution is 2.40. The van der Waals surface area contributed by atoms with E-state index in [1.165, 1.54) is 35.2 Å². The number of amides is 1. The summed E-state index contributed by atoms with van der Waals surface area (Å²) in [6.07, 6.45) is 0. The number of hydrogen-bond donors (Lipinski definition) is 2. The van der Waals surface area contributed by atoms with Crippen molar-refractivity contribution in [2.45, 2.75) is 4.21 Å². The number of nitrogens with one attached hydrogen (secondary N) is 1. The Kier molecular flexibility index (Phi) is 6.70. The molecule has 7 nitrogen and oxygen atoms in total. The second-order valence-electron chi connectivity index (χ2n) is 5.42. The van der Waals surface area contributed by atoms with Crippen molar-refractivity contribution in [3.63, 3.8) is 0 Å². The molecule has 1 heterocycles. The van der Waals surface area contributed by atoms with Crippen LogP contribution in [0.1, 0.15) is 0 Å². The van der Waals surface area contributed by atoms with Crippen LogP contribution in [-0.4, -0.2) is 21.6 Å². The number of benzene rings is 2. The molecule has 0 unspecified atom stereocenters. The molecule has 3 rings (SSSR count). The smallest absolute Gasteiger partial charge is 0.292 e. The Bertz CT molecular complexity index is 1060. The molecule has 0 spiro atoms. The highest BCUT2D eigenvalue weighted by atomic mass is 79.9. The van der Waals surface area contributed by atoms with Crippen LogP contribution < -0.4 is 11.1 Å². The first-order valence-corrected chi connectivity index (χ1v) is 11.1. The molecule has 2 aromatic carbocycles. The summed E-state index contributed by atoms with van der Waals surface area (Å²) in [6.45, 7) is 0. The van der Waals surface area contributed by atoms with Crippen molar-refractivity contribution in [2.75, 3.05) is 16.8 Å². The largest absolute Gasteiger partial charge is 0.375 e. The van der Waals surface area contributed by atoms with Crippen molar-refractivity contribution < 1.29 is 9.72 Å². The van der Waals surface area contributed by atoms with Gasteiger partial charge in [-0.05, 0) is 18.2 Å². The van der Waals surface area contributed by atoms with Crippen molar-refractivity contribution in [3.8, 4) is 11.3 Å². The molecule has 0 fully saturated rings. The molecule has 3 N–H and O–H groups in total. The fourth-order valence-corrected chi connectivity index (χ4v) is 5.44. The van der Waals surface area contributed by atoms with Gasteiger partial charge < -0.3 is 11.1 Å². The van der Waals surface area contributed by atoms with Gasteiger partial charge in [0.2, 0.25) is 5.91 Å². The maximum atomic E-state index is 12.3. The monoisotopic (exact) mass is 542 g/mol. The minimum Gasteiger partial charge on any atom is -0.375 e. The van der Waals surface area contributed by atoms with Crippen molar-refractivity contribution in [1.29, 1.82) is 0 Å². The molecule has 0 atom stereocenters. The zero-order valence-corrected chi connectivity index (χ0v) is 18.8. The number of para-hydroxylation sites is 2. The number of aromatic nitrogens is 1. The van der Waals surface area contributed by atoms with Crippen molar-refractivity contribution in [2.24, 2.45) is 0 Å². The lowest BCUT2D eigenvalue weighted by atomic mass is 10.2. The summed E-state index contributed by atoms with van der Waals surface area (Å²) in [7, 11) is 0. The van der Waals surface area contributed by atoms with E-state index in [4.69, 9.17) is 5.73 Å². The standard InChI is InChI=1S/C17H12Br2N4O3S2/c18-9-5-6-10(11(19)7-9)15-16(28-17(20)22-15)27-8-14(24)21-12-3-1-2-4-13(12)23(25)26/h1-7H,8H2,(H2,20,22)(H,21,24). The maximum absolute atomic E-state index is 12.3. The molecule has 1 aromatic heterocycles. The van der Waals surface area contributed by atoms with Crippen LogP contribution in [0.4, 0.5) is 16.5 Å². The van der Waals surface area contributed by atoms with Crippen LogP contribution in [-0.2, 0) is 4.79 Å². The number of nitrogen functional groups attached to an aromatic ring is 1. The first-order valence-electron chi connectivity index (χ1n) is 7.73. The number of carbonyl (C=O) groups excluding carboxylic acids is 1. The van der Waals surface area contributed by atoms with Crippen LogP contribution >= 0.6 is 55.0 Å². The highest BCUT2D eigenvalue weighted by molar-refractivity contribution is 9.11. The zero-order valence-electron chi connectivity index (χ0n) is 14.0. The van der Waals surface area contributed by atoms with Crippen molar-refractivity contribution in [3.05, 3.63) is 61.5 Å². The number of thiazole rings is 1. The van der Waals surface area contributed by atoms with Gasteiger partial charge in [-0.2, -0.15) is 0 Å². The van der Waals surface area contributed by atoms with E-state index in [0.29, 0.717) is 10.8 Å². The number of carbonyl (C=O) groups is 1. The van der Waals surface area contributed by atoms with Crippen LogP contribution in [0.5, 0.6) is 0 Å². The van der Waals surface area contributed by atoms with E-state index in [2.05, 4.69) is 42.2 Å². The third kappa shape index (κ3) is 4.90. The lowest BCUT2D eigenvalue weighted by Crippen LogP contribution is -2.15. The SMILES string of the molecule is Nc1nc(-c2ccc(Br)cc2Br)c(SCC(=O)Nc2ccccc2[N+](=O)[O-])s1. The minimum absolute atomic E-state index is 0.0643. The normalized spacial score (nSPS) is 10.6. The molecule has 0 aliphatic rings. The third-order valence-corrected chi connectivity index (χ3v) is 6.80.